The number of phenolic OH excluding ortho intramolecular Hbond substituents is 1. The Morgan fingerprint density at radius 1 is 1.14 bits per heavy atom. The maximum atomic E-state index is 14.6. The molecule has 0 bridgehead atoms. The van der Waals surface area contributed by atoms with E-state index in [0.717, 1.165) is 41.5 Å². The Morgan fingerprint density at radius 3 is 2.52 bits per heavy atom. The minimum absolute atomic E-state index is 0.0978. The molecule has 2 fully saturated rings. The van der Waals surface area contributed by atoms with Crippen LogP contribution in [0.15, 0.2) is 47.5 Å². The molecule has 6 rings (SSSR count). The van der Waals surface area contributed by atoms with Crippen LogP contribution in [0.5, 0.6) is 5.75 Å². The van der Waals surface area contributed by atoms with Crippen LogP contribution in [0.3, 0.4) is 0 Å². The number of hydrogen-bond donors (Lipinski definition) is 3. The molecule has 1 heterocycles. The van der Waals surface area contributed by atoms with Gasteiger partial charge in [0.05, 0.1) is 5.84 Å². The SMILES string of the molecule is CCC1C(=O)C2(N=C(N)C1C)c1cc(C#CC3CC3)ccc1CC21CCC(OC(=O)C(N)Cc2ccc(O)cc2)CC1. The van der Waals surface area contributed by atoms with Gasteiger partial charge in [0.2, 0.25) is 0 Å². The largest absolute Gasteiger partial charge is 0.508 e. The summed E-state index contributed by atoms with van der Waals surface area (Å²) in [6.45, 7) is 4.07. The maximum absolute atomic E-state index is 14.6. The number of esters is 1. The Labute approximate surface area is 248 Å². The highest BCUT2D eigenvalue weighted by Gasteiger charge is 2.65. The molecule has 2 spiro atoms. The van der Waals surface area contributed by atoms with Gasteiger partial charge < -0.3 is 21.3 Å². The van der Waals surface area contributed by atoms with Crippen LogP contribution < -0.4 is 11.5 Å². The molecule has 3 aliphatic carbocycles. The summed E-state index contributed by atoms with van der Waals surface area (Å²) in [5.41, 5.74) is 15.3. The molecule has 0 saturated heterocycles. The van der Waals surface area contributed by atoms with E-state index in [1.807, 2.05) is 6.92 Å². The van der Waals surface area contributed by atoms with Crippen molar-refractivity contribution < 1.29 is 19.4 Å². The third-order valence-corrected chi connectivity index (χ3v) is 10.2. The van der Waals surface area contributed by atoms with E-state index >= 15 is 0 Å². The van der Waals surface area contributed by atoms with Crippen LogP contribution in [0.2, 0.25) is 0 Å². The van der Waals surface area contributed by atoms with Gasteiger partial charge in [0.15, 0.2) is 11.3 Å². The van der Waals surface area contributed by atoms with Crippen molar-refractivity contribution in [2.45, 2.75) is 89.3 Å². The molecule has 4 atom stereocenters. The van der Waals surface area contributed by atoms with E-state index < -0.39 is 23.0 Å². The molecular formula is C35H41N3O4. The standard InChI is InChI=1S/C35H41N3O4/c1-3-28-21(2)32(37)38-35(31(28)40)29-18-23(7-6-22-4-5-22)8-11-25(29)20-34(35)16-14-27(15-17-34)42-33(41)30(36)19-24-9-12-26(39)13-10-24/h8-13,18,21-22,27-28,30,39H,3-5,14-17,19-20,36H2,1-2H3,(H2,37,38). The second-order valence-corrected chi connectivity index (χ2v) is 12.9. The van der Waals surface area contributed by atoms with E-state index in [0.29, 0.717) is 50.3 Å². The first-order valence-corrected chi connectivity index (χ1v) is 15.4. The first-order valence-electron chi connectivity index (χ1n) is 15.4. The number of carbonyl (C=O) groups excluding carboxylic acids is 2. The van der Waals surface area contributed by atoms with Crippen LogP contribution in [0, 0.1) is 35.0 Å². The Bertz CT molecular complexity index is 1470. The summed E-state index contributed by atoms with van der Waals surface area (Å²) >= 11 is 0. The van der Waals surface area contributed by atoms with Gasteiger partial charge in [-0.15, -0.1) is 0 Å². The van der Waals surface area contributed by atoms with Crippen molar-refractivity contribution in [1.29, 1.82) is 0 Å². The summed E-state index contributed by atoms with van der Waals surface area (Å²) in [4.78, 5) is 32.7. The van der Waals surface area contributed by atoms with E-state index in [4.69, 9.17) is 21.2 Å². The second-order valence-electron chi connectivity index (χ2n) is 12.9. The van der Waals surface area contributed by atoms with E-state index in [2.05, 4.69) is 37.0 Å². The quantitative estimate of drug-likeness (QED) is 0.359. The number of nitrogens with zero attached hydrogens (tertiary/aromatic N) is 1. The number of ether oxygens (including phenoxy) is 1. The lowest BCUT2D eigenvalue weighted by Gasteiger charge is -2.50. The number of Topliss-reactive ketones (excluding diaryl/α,β-unsaturated/α-hetero) is 1. The molecule has 42 heavy (non-hydrogen) atoms. The minimum Gasteiger partial charge on any atom is -0.508 e. The second kappa shape index (κ2) is 10.9. The predicted octanol–water partition coefficient (Wildman–Crippen LogP) is 4.55. The number of fused-ring (bicyclic) bond motifs is 3. The average molecular weight is 568 g/mol. The van der Waals surface area contributed by atoms with E-state index in [1.165, 1.54) is 0 Å². The van der Waals surface area contributed by atoms with Crippen LogP contribution in [-0.2, 0) is 32.7 Å². The summed E-state index contributed by atoms with van der Waals surface area (Å²) in [7, 11) is 0. The van der Waals surface area contributed by atoms with Crippen molar-refractivity contribution in [2.75, 3.05) is 0 Å². The highest BCUT2D eigenvalue weighted by Crippen LogP contribution is 2.62. The molecule has 2 saturated carbocycles. The molecule has 4 aliphatic rings. The van der Waals surface area contributed by atoms with Gasteiger partial charge in [-0.05, 0) is 98.7 Å². The number of phenols is 1. The fourth-order valence-corrected chi connectivity index (χ4v) is 7.52. The first-order chi connectivity index (χ1) is 20.2. The number of benzene rings is 2. The maximum Gasteiger partial charge on any atom is 0.323 e. The lowest BCUT2D eigenvalue weighted by molar-refractivity contribution is -0.155. The van der Waals surface area contributed by atoms with Gasteiger partial charge in [0.25, 0.3) is 0 Å². The monoisotopic (exact) mass is 567 g/mol. The van der Waals surface area contributed by atoms with Gasteiger partial charge in [-0.25, -0.2) is 0 Å². The number of amidine groups is 1. The highest BCUT2D eigenvalue weighted by atomic mass is 16.5. The van der Waals surface area contributed by atoms with Gasteiger partial charge in [-0.3, -0.25) is 14.6 Å². The Morgan fingerprint density at radius 2 is 1.86 bits per heavy atom. The van der Waals surface area contributed by atoms with E-state index in [1.54, 1.807) is 24.3 Å². The average Bonchev–Trinajstić information content (AvgIpc) is 3.78. The fraction of sp³-hybridized carbons (Fsp3) is 0.514. The van der Waals surface area contributed by atoms with Crippen LogP contribution in [-0.4, -0.2) is 34.8 Å². The Kier molecular flexibility index (Phi) is 7.39. The summed E-state index contributed by atoms with van der Waals surface area (Å²) in [6.07, 6.45) is 6.51. The van der Waals surface area contributed by atoms with Gasteiger partial charge >= 0.3 is 5.97 Å². The van der Waals surface area contributed by atoms with Crippen LogP contribution in [0.4, 0.5) is 0 Å². The molecule has 5 N–H and O–H groups in total. The zero-order chi connectivity index (χ0) is 29.6. The van der Waals surface area contributed by atoms with Gasteiger partial charge in [-0.2, -0.15) is 0 Å². The normalized spacial score (nSPS) is 30.8. The number of aromatic hydroxyl groups is 1. The van der Waals surface area contributed by atoms with E-state index in [-0.39, 0.29) is 29.5 Å². The van der Waals surface area contributed by atoms with Gasteiger partial charge in [0, 0.05) is 28.7 Å². The molecule has 7 heteroatoms. The molecule has 2 aromatic rings. The number of ketones is 1. The topological polar surface area (TPSA) is 128 Å². The van der Waals surface area contributed by atoms with Crippen molar-refractivity contribution in [1.82, 2.24) is 0 Å². The summed E-state index contributed by atoms with van der Waals surface area (Å²) in [6, 6.07) is 12.2. The number of nitrogens with two attached hydrogens (primary N) is 2. The zero-order valence-electron chi connectivity index (χ0n) is 24.6. The van der Waals surface area contributed by atoms with Crippen LogP contribution in [0.1, 0.15) is 81.0 Å². The van der Waals surface area contributed by atoms with Gasteiger partial charge in [-0.1, -0.05) is 43.9 Å². The van der Waals surface area contributed by atoms with Crippen molar-refractivity contribution >= 4 is 17.6 Å². The molecule has 0 aromatic heterocycles. The summed E-state index contributed by atoms with van der Waals surface area (Å²) < 4.78 is 5.91. The molecule has 220 valence electrons. The number of hydrogen-bond acceptors (Lipinski definition) is 7. The molecule has 7 nitrogen and oxygen atoms in total. The molecule has 2 aromatic carbocycles. The fourth-order valence-electron chi connectivity index (χ4n) is 7.52. The smallest absolute Gasteiger partial charge is 0.323 e. The number of rotatable bonds is 5. The zero-order valence-corrected chi connectivity index (χ0v) is 24.6. The molecule has 0 amide bonds. The van der Waals surface area contributed by atoms with Crippen molar-refractivity contribution in [3.63, 3.8) is 0 Å². The van der Waals surface area contributed by atoms with Crippen molar-refractivity contribution in [2.24, 2.45) is 39.6 Å². The Balaban J connectivity index is 1.26. The van der Waals surface area contributed by atoms with Crippen LogP contribution in [0.25, 0.3) is 0 Å². The molecule has 1 aliphatic heterocycles. The Hall–Kier alpha value is -3.63. The van der Waals surface area contributed by atoms with E-state index in [9.17, 15) is 14.7 Å². The summed E-state index contributed by atoms with van der Waals surface area (Å²) in [5, 5.41) is 9.52. The first kappa shape index (κ1) is 28.5. The molecule has 0 radical (unpaired) electrons. The third-order valence-electron chi connectivity index (χ3n) is 10.2. The van der Waals surface area contributed by atoms with Gasteiger partial charge in [0.1, 0.15) is 17.9 Å². The highest BCUT2D eigenvalue weighted by molar-refractivity contribution is 6.03. The lowest BCUT2D eigenvalue weighted by atomic mass is 9.56. The molecular weight excluding hydrogens is 526 g/mol. The molecule has 4 unspecified atom stereocenters. The minimum atomic E-state index is -1.04. The van der Waals surface area contributed by atoms with Crippen molar-refractivity contribution in [3.05, 3.63) is 64.7 Å². The summed E-state index contributed by atoms with van der Waals surface area (Å²) in [5.74, 6) is 7.36. The lowest BCUT2D eigenvalue weighted by Crippen LogP contribution is -2.57. The predicted molar refractivity (Wildman–Crippen MR) is 162 cm³/mol. The van der Waals surface area contributed by atoms with Crippen molar-refractivity contribution in [3.8, 4) is 17.6 Å². The number of carbonyl (C=O) groups is 2. The third kappa shape index (κ3) is 4.90. The van der Waals surface area contributed by atoms with Crippen LogP contribution >= 0.6 is 0 Å². The number of aliphatic imine (C=N–C) groups is 1.